The van der Waals surface area contributed by atoms with Crippen molar-refractivity contribution in [2.75, 3.05) is 17.5 Å². The van der Waals surface area contributed by atoms with E-state index in [1.165, 1.54) is 37.3 Å². The molecule has 2 rings (SSSR count). The zero-order valence-corrected chi connectivity index (χ0v) is 15.6. The molecule has 0 aliphatic rings. The van der Waals surface area contributed by atoms with E-state index in [0.29, 0.717) is 10.4 Å². The fraction of sp³-hybridized carbons (Fsp3) is 0.235. The molecular weight excluding hydrogens is 407 g/mol. The van der Waals surface area contributed by atoms with Gasteiger partial charge in [-0.2, -0.15) is 13.2 Å². The molecule has 0 bridgehead atoms. The molecule has 146 valence electrons. The third kappa shape index (κ3) is 5.14. The summed E-state index contributed by atoms with van der Waals surface area (Å²) in [6, 6.07) is 8.74. The van der Waals surface area contributed by atoms with Crippen LogP contribution in [0.2, 0.25) is 5.02 Å². The zero-order chi connectivity index (χ0) is 20.2. The van der Waals surface area contributed by atoms with Gasteiger partial charge in [-0.1, -0.05) is 17.7 Å². The predicted octanol–water partition coefficient (Wildman–Crippen LogP) is 4.12. The SMILES string of the molecule is CCOC(=O)CN(c1cccc(C(F)(F)F)c1)S(=O)(=O)c1ccc(Cl)cc1. The molecule has 0 heterocycles. The van der Waals surface area contributed by atoms with Gasteiger partial charge in [0.25, 0.3) is 10.0 Å². The number of hydrogen-bond acceptors (Lipinski definition) is 4. The molecule has 2 aromatic rings. The van der Waals surface area contributed by atoms with Crippen LogP contribution in [0.1, 0.15) is 12.5 Å². The van der Waals surface area contributed by atoms with Crippen molar-refractivity contribution >= 4 is 33.3 Å². The second-order valence-corrected chi connectivity index (χ2v) is 7.62. The number of benzene rings is 2. The number of ether oxygens (including phenoxy) is 1. The molecule has 0 fully saturated rings. The molecular formula is C17H15ClF3NO4S. The smallest absolute Gasteiger partial charge is 0.416 e. The maximum atomic E-state index is 13.0. The summed E-state index contributed by atoms with van der Waals surface area (Å²) in [5.74, 6) is -0.896. The first-order chi connectivity index (χ1) is 12.6. The first-order valence-electron chi connectivity index (χ1n) is 7.67. The number of sulfonamides is 1. The van der Waals surface area contributed by atoms with Crippen LogP contribution in [0, 0.1) is 0 Å². The predicted molar refractivity (Wildman–Crippen MR) is 94.1 cm³/mol. The van der Waals surface area contributed by atoms with Gasteiger partial charge in [0.1, 0.15) is 6.54 Å². The maximum absolute atomic E-state index is 13.0. The largest absolute Gasteiger partial charge is 0.465 e. The van der Waals surface area contributed by atoms with Crippen molar-refractivity contribution in [1.82, 2.24) is 0 Å². The molecule has 0 aliphatic heterocycles. The number of halogens is 4. The quantitative estimate of drug-likeness (QED) is 0.658. The van der Waals surface area contributed by atoms with E-state index in [2.05, 4.69) is 0 Å². The van der Waals surface area contributed by atoms with Crippen LogP contribution >= 0.6 is 11.6 Å². The van der Waals surface area contributed by atoms with Crippen molar-refractivity contribution in [3.05, 3.63) is 59.1 Å². The van der Waals surface area contributed by atoms with Crippen molar-refractivity contribution in [2.24, 2.45) is 0 Å². The molecule has 2 aromatic carbocycles. The van der Waals surface area contributed by atoms with Crippen molar-refractivity contribution in [1.29, 1.82) is 0 Å². The van der Waals surface area contributed by atoms with Gasteiger partial charge < -0.3 is 4.74 Å². The van der Waals surface area contributed by atoms with Gasteiger partial charge in [-0.25, -0.2) is 8.42 Å². The van der Waals surface area contributed by atoms with Crippen LogP contribution in [0.3, 0.4) is 0 Å². The van der Waals surface area contributed by atoms with Crippen LogP contribution in [0.25, 0.3) is 0 Å². The number of hydrogen-bond donors (Lipinski definition) is 0. The normalized spacial score (nSPS) is 11.9. The molecule has 0 N–H and O–H groups in total. The van der Waals surface area contributed by atoms with Crippen LogP contribution in [0.15, 0.2) is 53.4 Å². The Balaban J connectivity index is 2.55. The van der Waals surface area contributed by atoms with Gasteiger partial charge in [0.15, 0.2) is 0 Å². The van der Waals surface area contributed by atoms with E-state index in [-0.39, 0.29) is 22.2 Å². The summed E-state index contributed by atoms with van der Waals surface area (Å²) in [6.07, 6.45) is -4.67. The van der Waals surface area contributed by atoms with E-state index >= 15 is 0 Å². The molecule has 0 saturated carbocycles. The minimum Gasteiger partial charge on any atom is -0.465 e. The lowest BCUT2D eigenvalue weighted by Crippen LogP contribution is -2.36. The Hall–Kier alpha value is -2.26. The van der Waals surface area contributed by atoms with Gasteiger partial charge in [-0.15, -0.1) is 0 Å². The maximum Gasteiger partial charge on any atom is 0.416 e. The molecule has 0 radical (unpaired) electrons. The van der Waals surface area contributed by atoms with Gasteiger partial charge in [-0.05, 0) is 49.4 Å². The molecule has 0 spiro atoms. The summed E-state index contributed by atoms with van der Waals surface area (Å²) in [5, 5.41) is 0.282. The summed E-state index contributed by atoms with van der Waals surface area (Å²) in [7, 11) is -4.34. The Morgan fingerprint density at radius 2 is 1.78 bits per heavy atom. The van der Waals surface area contributed by atoms with Gasteiger partial charge in [0.2, 0.25) is 0 Å². The van der Waals surface area contributed by atoms with E-state index < -0.39 is 34.3 Å². The zero-order valence-electron chi connectivity index (χ0n) is 14.0. The highest BCUT2D eigenvalue weighted by atomic mass is 35.5. The minimum atomic E-state index is -4.67. The van der Waals surface area contributed by atoms with Crippen molar-refractivity contribution < 1.29 is 31.1 Å². The van der Waals surface area contributed by atoms with E-state index in [1.807, 2.05) is 0 Å². The first kappa shape index (κ1) is 21.0. The molecule has 0 amide bonds. The van der Waals surface area contributed by atoms with E-state index in [0.717, 1.165) is 12.1 Å². The Morgan fingerprint density at radius 3 is 2.33 bits per heavy atom. The molecule has 5 nitrogen and oxygen atoms in total. The lowest BCUT2D eigenvalue weighted by Gasteiger charge is -2.24. The Morgan fingerprint density at radius 1 is 1.15 bits per heavy atom. The Labute approximate surface area is 159 Å². The summed E-state index contributed by atoms with van der Waals surface area (Å²) >= 11 is 5.75. The van der Waals surface area contributed by atoms with Crippen molar-refractivity contribution in [2.45, 2.75) is 18.0 Å². The van der Waals surface area contributed by atoms with E-state index in [1.54, 1.807) is 0 Å². The highest BCUT2D eigenvalue weighted by Gasteiger charge is 2.33. The number of alkyl halides is 3. The van der Waals surface area contributed by atoms with Gasteiger partial charge in [0.05, 0.1) is 22.8 Å². The molecule has 27 heavy (non-hydrogen) atoms. The van der Waals surface area contributed by atoms with Gasteiger partial charge in [-0.3, -0.25) is 9.10 Å². The number of rotatable bonds is 6. The van der Waals surface area contributed by atoms with Crippen LogP contribution in [-0.2, 0) is 25.7 Å². The summed E-state index contributed by atoms with van der Waals surface area (Å²) < 4.78 is 70.2. The van der Waals surface area contributed by atoms with Crippen molar-refractivity contribution in [3.8, 4) is 0 Å². The van der Waals surface area contributed by atoms with Crippen LogP contribution < -0.4 is 4.31 Å². The second kappa shape index (κ2) is 8.18. The minimum absolute atomic E-state index is 0.00371. The fourth-order valence-electron chi connectivity index (χ4n) is 2.21. The molecule has 0 aromatic heterocycles. The van der Waals surface area contributed by atoms with E-state index in [4.69, 9.17) is 16.3 Å². The number of nitrogens with zero attached hydrogens (tertiary/aromatic N) is 1. The number of carbonyl (C=O) groups is 1. The lowest BCUT2D eigenvalue weighted by molar-refractivity contribution is -0.141. The first-order valence-corrected chi connectivity index (χ1v) is 9.48. The highest BCUT2D eigenvalue weighted by molar-refractivity contribution is 7.92. The molecule has 0 aliphatic carbocycles. The van der Waals surface area contributed by atoms with Crippen LogP contribution in [0.5, 0.6) is 0 Å². The summed E-state index contributed by atoms with van der Waals surface area (Å²) in [4.78, 5) is 11.6. The third-order valence-electron chi connectivity index (χ3n) is 3.44. The molecule has 0 atom stereocenters. The molecule has 10 heteroatoms. The van der Waals surface area contributed by atoms with Gasteiger partial charge >= 0.3 is 12.1 Å². The number of esters is 1. The average Bonchev–Trinajstić information content (AvgIpc) is 2.59. The highest BCUT2D eigenvalue weighted by Crippen LogP contribution is 2.33. The number of carbonyl (C=O) groups excluding carboxylic acids is 1. The third-order valence-corrected chi connectivity index (χ3v) is 5.48. The topological polar surface area (TPSA) is 63.7 Å². The summed E-state index contributed by atoms with van der Waals surface area (Å²) in [5.41, 5.74) is -1.35. The Bertz CT molecular complexity index is 915. The lowest BCUT2D eigenvalue weighted by atomic mass is 10.2. The second-order valence-electron chi connectivity index (χ2n) is 5.32. The summed E-state index contributed by atoms with van der Waals surface area (Å²) in [6.45, 7) is 0.747. The van der Waals surface area contributed by atoms with Crippen LogP contribution in [-0.4, -0.2) is 27.5 Å². The average molecular weight is 422 g/mol. The van der Waals surface area contributed by atoms with Crippen molar-refractivity contribution in [3.63, 3.8) is 0 Å². The number of anilines is 1. The molecule has 0 unspecified atom stereocenters. The molecule has 0 saturated heterocycles. The van der Waals surface area contributed by atoms with Gasteiger partial charge in [0, 0.05) is 5.02 Å². The monoisotopic (exact) mass is 421 g/mol. The standard InChI is InChI=1S/C17H15ClF3NO4S/c1-2-26-16(23)11-22(14-5-3-4-12(10-14)17(19,20)21)27(24,25)15-8-6-13(18)7-9-15/h3-10H,2,11H2,1H3. The van der Waals surface area contributed by atoms with E-state index in [9.17, 15) is 26.4 Å². The fourth-order valence-corrected chi connectivity index (χ4v) is 3.74. The Kier molecular flexibility index (Phi) is 6.38. The van der Waals surface area contributed by atoms with Crippen LogP contribution in [0.4, 0.5) is 18.9 Å².